The average Bonchev–Trinajstić information content (AvgIpc) is 3.02. The summed E-state index contributed by atoms with van der Waals surface area (Å²) in [5.74, 6) is -2.23. The maximum atomic E-state index is 13.1. The summed E-state index contributed by atoms with van der Waals surface area (Å²) in [7, 11) is 0. The molecule has 0 aliphatic carbocycles. The van der Waals surface area contributed by atoms with E-state index in [2.05, 4.69) is 0 Å². The first-order valence-corrected chi connectivity index (χ1v) is 7.26. The number of hydrogen-bond donors (Lipinski definition) is 0. The minimum Gasteiger partial charge on any atom is -0.447 e. The van der Waals surface area contributed by atoms with Crippen LogP contribution in [-0.4, -0.2) is 25.0 Å². The number of hydrogen-bond acceptors (Lipinski definition) is 3. The number of carbonyl (C=O) groups excluding carboxylic acids is 2. The van der Waals surface area contributed by atoms with Crippen LogP contribution >= 0.6 is 0 Å². The molecule has 1 aliphatic rings. The van der Waals surface area contributed by atoms with Crippen LogP contribution in [0.25, 0.3) is 6.08 Å². The number of allylic oxidation sites excluding steroid dienone is 1. The summed E-state index contributed by atoms with van der Waals surface area (Å²) in [6.45, 7) is 0.744. The number of amides is 1. The zero-order valence-electron chi connectivity index (χ0n) is 12.5. The summed E-state index contributed by atoms with van der Waals surface area (Å²) in [6, 6.07) is 9.96. The highest BCUT2D eigenvalue weighted by Crippen LogP contribution is 2.20. The van der Waals surface area contributed by atoms with Gasteiger partial charge in [0.2, 0.25) is 0 Å². The first-order valence-electron chi connectivity index (χ1n) is 7.26. The van der Waals surface area contributed by atoms with Crippen molar-refractivity contribution in [1.82, 2.24) is 0 Å². The smallest absolute Gasteiger partial charge is 0.414 e. The van der Waals surface area contributed by atoms with E-state index in [9.17, 15) is 18.4 Å². The summed E-state index contributed by atoms with van der Waals surface area (Å²) < 4.78 is 30.9. The van der Waals surface area contributed by atoms with Crippen molar-refractivity contribution < 1.29 is 23.1 Å². The third-order valence-corrected chi connectivity index (χ3v) is 3.57. The lowest BCUT2D eigenvalue weighted by Gasteiger charge is -2.13. The second-order valence-corrected chi connectivity index (χ2v) is 5.19. The number of rotatable bonds is 4. The number of benzene rings is 2. The number of halogens is 2. The molecule has 0 atom stereocenters. The fourth-order valence-electron chi connectivity index (χ4n) is 2.34. The minimum atomic E-state index is -0.973. The monoisotopic (exact) mass is 329 g/mol. The molecule has 3 rings (SSSR count). The van der Waals surface area contributed by atoms with E-state index in [1.54, 1.807) is 24.3 Å². The van der Waals surface area contributed by atoms with Gasteiger partial charge in [0.25, 0.3) is 0 Å². The van der Waals surface area contributed by atoms with Gasteiger partial charge in [0.15, 0.2) is 17.4 Å². The maximum Gasteiger partial charge on any atom is 0.414 e. The molecule has 4 nitrogen and oxygen atoms in total. The Labute approximate surface area is 137 Å². The second kappa shape index (κ2) is 6.62. The zero-order valence-corrected chi connectivity index (χ0v) is 12.5. The van der Waals surface area contributed by atoms with Gasteiger partial charge in [-0.2, -0.15) is 0 Å². The molecule has 0 spiro atoms. The van der Waals surface area contributed by atoms with Crippen LogP contribution in [-0.2, 0) is 4.74 Å². The van der Waals surface area contributed by atoms with Crippen LogP contribution in [0.15, 0.2) is 48.5 Å². The van der Waals surface area contributed by atoms with Gasteiger partial charge in [-0.05, 0) is 35.9 Å². The lowest BCUT2D eigenvalue weighted by Crippen LogP contribution is -2.23. The standard InChI is InChI=1S/C18H13F2NO3/c19-15-6-4-12(10-16(15)20)5-7-17(22)13-2-1-3-14(11-13)21-8-9-24-18(21)23/h1-7,10-11H,8-9H2. The Morgan fingerprint density at radius 3 is 2.67 bits per heavy atom. The first kappa shape index (κ1) is 15.9. The normalized spacial score (nSPS) is 14.2. The molecular formula is C18H13F2NO3. The second-order valence-electron chi connectivity index (χ2n) is 5.19. The van der Waals surface area contributed by atoms with Gasteiger partial charge >= 0.3 is 6.09 Å². The van der Waals surface area contributed by atoms with Crippen molar-refractivity contribution in [2.45, 2.75) is 0 Å². The largest absolute Gasteiger partial charge is 0.447 e. The topological polar surface area (TPSA) is 46.6 Å². The third kappa shape index (κ3) is 3.32. The van der Waals surface area contributed by atoms with E-state index < -0.39 is 17.7 Å². The molecule has 1 amide bonds. The molecule has 0 unspecified atom stereocenters. The SMILES string of the molecule is O=C(C=Cc1ccc(F)c(F)c1)c1cccc(N2CCOC2=O)c1. The predicted octanol–water partition coefficient (Wildman–Crippen LogP) is 3.82. The van der Waals surface area contributed by atoms with Crippen LogP contribution in [0.3, 0.4) is 0 Å². The highest BCUT2D eigenvalue weighted by atomic mass is 19.2. The summed E-state index contributed by atoms with van der Waals surface area (Å²) in [6.07, 6.45) is 2.23. The van der Waals surface area contributed by atoms with E-state index in [0.717, 1.165) is 12.1 Å². The minimum absolute atomic E-state index is 0.311. The van der Waals surface area contributed by atoms with Crippen molar-refractivity contribution in [2.24, 2.45) is 0 Å². The van der Waals surface area contributed by atoms with Crippen LogP contribution in [0.1, 0.15) is 15.9 Å². The van der Waals surface area contributed by atoms with E-state index in [1.165, 1.54) is 23.1 Å². The molecule has 1 saturated heterocycles. The van der Waals surface area contributed by atoms with Crippen LogP contribution in [0.2, 0.25) is 0 Å². The lowest BCUT2D eigenvalue weighted by molar-refractivity contribution is 0.104. The molecule has 0 saturated carbocycles. The van der Waals surface area contributed by atoms with Gasteiger partial charge < -0.3 is 4.74 Å². The zero-order chi connectivity index (χ0) is 17.1. The van der Waals surface area contributed by atoms with E-state index in [4.69, 9.17) is 4.74 Å². The number of cyclic esters (lactones) is 1. The van der Waals surface area contributed by atoms with E-state index in [-0.39, 0.29) is 5.78 Å². The van der Waals surface area contributed by atoms with Crippen molar-refractivity contribution in [3.05, 3.63) is 71.3 Å². The van der Waals surface area contributed by atoms with Crippen LogP contribution < -0.4 is 4.90 Å². The van der Waals surface area contributed by atoms with E-state index >= 15 is 0 Å². The van der Waals surface area contributed by atoms with E-state index in [1.807, 2.05) is 0 Å². The number of nitrogens with zero attached hydrogens (tertiary/aromatic N) is 1. The number of anilines is 1. The molecule has 0 aromatic heterocycles. The molecule has 2 aromatic carbocycles. The van der Waals surface area contributed by atoms with Crippen molar-refractivity contribution in [2.75, 3.05) is 18.1 Å². The van der Waals surface area contributed by atoms with Crippen LogP contribution in [0, 0.1) is 11.6 Å². The maximum absolute atomic E-state index is 13.1. The Hall–Kier alpha value is -3.02. The number of carbonyl (C=O) groups is 2. The fraction of sp³-hybridized carbons (Fsp3) is 0.111. The van der Waals surface area contributed by atoms with Crippen LogP contribution in [0.5, 0.6) is 0 Å². The van der Waals surface area contributed by atoms with Gasteiger partial charge in [0, 0.05) is 11.3 Å². The third-order valence-electron chi connectivity index (χ3n) is 3.57. The van der Waals surface area contributed by atoms with Gasteiger partial charge in [0.05, 0.1) is 6.54 Å². The van der Waals surface area contributed by atoms with Crippen molar-refractivity contribution in [1.29, 1.82) is 0 Å². The Bertz CT molecular complexity index is 833. The fourth-order valence-corrected chi connectivity index (χ4v) is 2.34. The Kier molecular flexibility index (Phi) is 4.37. The van der Waals surface area contributed by atoms with Gasteiger partial charge in [0.1, 0.15) is 6.61 Å². The first-order chi connectivity index (χ1) is 11.5. The van der Waals surface area contributed by atoms with Gasteiger partial charge in [-0.1, -0.05) is 24.3 Å². The van der Waals surface area contributed by atoms with Crippen molar-refractivity contribution in [3.8, 4) is 0 Å². The molecule has 1 heterocycles. The molecule has 0 bridgehead atoms. The van der Waals surface area contributed by atoms with Crippen molar-refractivity contribution >= 4 is 23.6 Å². The Balaban J connectivity index is 1.78. The molecular weight excluding hydrogens is 316 g/mol. The number of ketones is 1. The lowest BCUT2D eigenvalue weighted by atomic mass is 10.1. The van der Waals surface area contributed by atoms with Gasteiger partial charge in [-0.3, -0.25) is 9.69 Å². The van der Waals surface area contributed by atoms with Gasteiger partial charge in [-0.15, -0.1) is 0 Å². The summed E-state index contributed by atoms with van der Waals surface area (Å²) in [5, 5.41) is 0. The summed E-state index contributed by atoms with van der Waals surface area (Å²) in [5.41, 5.74) is 1.33. The predicted molar refractivity (Wildman–Crippen MR) is 84.9 cm³/mol. The van der Waals surface area contributed by atoms with E-state index in [0.29, 0.717) is 30.0 Å². The van der Waals surface area contributed by atoms with Gasteiger partial charge in [-0.25, -0.2) is 13.6 Å². The molecule has 24 heavy (non-hydrogen) atoms. The molecule has 1 aliphatic heterocycles. The quantitative estimate of drug-likeness (QED) is 0.633. The Morgan fingerprint density at radius 2 is 1.96 bits per heavy atom. The molecule has 122 valence electrons. The number of ether oxygens (including phenoxy) is 1. The summed E-state index contributed by atoms with van der Waals surface area (Å²) >= 11 is 0. The Morgan fingerprint density at radius 1 is 1.12 bits per heavy atom. The molecule has 0 N–H and O–H groups in total. The highest BCUT2D eigenvalue weighted by molar-refractivity contribution is 6.07. The molecule has 1 fully saturated rings. The van der Waals surface area contributed by atoms with Crippen molar-refractivity contribution in [3.63, 3.8) is 0 Å². The molecule has 6 heteroatoms. The van der Waals surface area contributed by atoms with Crippen LogP contribution in [0.4, 0.5) is 19.3 Å². The summed E-state index contributed by atoms with van der Waals surface area (Å²) in [4.78, 5) is 25.2. The molecule has 2 aromatic rings. The highest BCUT2D eigenvalue weighted by Gasteiger charge is 2.23. The molecule has 0 radical (unpaired) electrons. The average molecular weight is 329 g/mol.